The summed E-state index contributed by atoms with van der Waals surface area (Å²) in [6.07, 6.45) is 4.25. The number of hydrogen-bond acceptors (Lipinski definition) is 3. The highest BCUT2D eigenvalue weighted by Crippen LogP contribution is 2.20. The number of benzene rings is 2. The summed E-state index contributed by atoms with van der Waals surface area (Å²) >= 11 is 0. The van der Waals surface area contributed by atoms with Crippen LogP contribution in [0.15, 0.2) is 54.6 Å². The number of rotatable bonds is 6. The summed E-state index contributed by atoms with van der Waals surface area (Å²) in [6.45, 7) is 0. The molecular weight excluding hydrogens is 360 g/mol. The van der Waals surface area contributed by atoms with Crippen molar-refractivity contribution in [2.45, 2.75) is 50.6 Å². The highest BCUT2D eigenvalue weighted by molar-refractivity contribution is 5.98. The summed E-state index contributed by atoms with van der Waals surface area (Å²) in [5, 5.41) is 3.03. The second-order valence-corrected chi connectivity index (χ2v) is 7.05. The molecule has 0 spiro atoms. The fourth-order valence-corrected chi connectivity index (χ4v) is 3.41. The second-order valence-electron chi connectivity index (χ2n) is 7.05. The summed E-state index contributed by atoms with van der Waals surface area (Å²) in [6, 6.07) is 18.1. The molecule has 0 unspecified atom stereocenters. The first-order valence-electron chi connectivity index (χ1n) is 9.35. The predicted molar refractivity (Wildman–Crippen MR) is 111 cm³/mol. The van der Waals surface area contributed by atoms with Gasteiger partial charge in [-0.15, -0.1) is 12.4 Å². The van der Waals surface area contributed by atoms with Crippen LogP contribution in [-0.4, -0.2) is 23.8 Å². The van der Waals surface area contributed by atoms with Crippen LogP contribution in [0.4, 0.5) is 0 Å². The molecule has 0 atom stereocenters. The van der Waals surface area contributed by atoms with E-state index >= 15 is 0 Å². The normalized spacial score (nSPS) is 19.0. The van der Waals surface area contributed by atoms with E-state index in [4.69, 9.17) is 5.73 Å². The standard InChI is InChI=1S/C22H26N2O2.ClH/c23-19-10-12-20(13-11-19)24-22(26)15-14-21(25)18-8-6-17(7-9-18)16-4-2-1-3-5-16;/h1-9,19-20H,10-15,23H2,(H,24,26);1H. The highest BCUT2D eigenvalue weighted by atomic mass is 35.5. The molecule has 2 aromatic rings. The van der Waals surface area contributed by atoms with Crippen molar-refractivity contribution in [3.05, 3.63) is 60.2 Å². The highest BCUT2D eigenvalue weighted by Gasteiger charge is 2.20. The van der Waals surface area contributed by atoms with E-state index in [1.807, 2.05) is 54.6 Å². The van der Waals surface area contributed by atoms with E-state index in [9.17, 15) is 9.59 Å². The molecule has 0 aliphatic heterocycles. The van der Waals surface area contributed by atoms with Crippen molar-refractivity contribution in [1.29, 1.82) is 0 Å². The van der Waals surface area contributed by atoms with Gasteiger partial charge in [-0.1, -0.05) is 54.6 Å². The third-order valence-corrected chi connectivity index (χ3v) is 5.03. The van der Waals surface area contributed by atoms with Crippen molar-refractivity contribution in [3.63, 3.8) is 0 Å². The Morgan fingerprint density at radius 2 is 1.44 bits per heavy atom. The van der Waals surface area contributed by atoms with Crippen LogP contribution in [0.2, 0.25) is 0 Å². The van der Waals surface area contributed by atoms with Crippen molar-refractivity contribution in [2.24, 2.45) is 5.73 Å². The van der Waals surface area contributed by atoms with E-state index < -0.39 is 0 Å². The van der Waals surface area contributed by atoms with Crippen LogP contribution in [-0.2, 0) is 4.79 Å². The summed E-state index contributed by atoms with van der Waals surface area (Å²) in [5.74, 6) is -0.0369. The number of amides is 1. The Bertz CT molecular complexity index is 739. The molecule has 144 valence electrons. The van der Waals surface area contributed by atoms with E-state index in [0.29, 0.717) is 5.56 Å². The first-order valence-corrected chi connectivity index (χ1v) is 9.35. The molecule has 0 heterocycles. The smallest absolute Gasteiger partial charge is 0.220 e. The lowest BCUT2D eigenvalue weighted by molar-refractivity contribution is -0.122. The number of nitrogens with one attached hydrogen (secondary N) is 1. The molecule has 3 N–H and O–H groups in total. The minimum absolute atomic E-state index is 0. The first kappa shape index (κ1) is 21.1. The lowest BCUT2D eigenvalue weighted by Gasteiger charge is -2.26. The van der Waals surface area contributed by atoms with E-state index in [2.05, 4.69) is 5.32 Å². The molecule has 0 bridgehead atoms. The molecule has 27 heavy (non-hydrogen) atoms. The van der Waals surface area contributed by atoms with Crippen molar-refractivity contribution >= 4 is 24.1 Å². The van der Waals surface area contributed by atoms with Crippen LogP contribution < -0.4 is 11.1 Å². The molecule has 2 aromatic carbocycles. The molecule has 1 aliphatic rings. The van der Waals surface area contributed by atoms with E-state index in [0.717, 1.165) is 36.8 Å². The van der Waals surface area contributed by atoms with Crippen LogP contribution in [0.1, 0.15) is 48.9 Å². The topological polar surface area (TPSA) is 72.2 Å². The summed E-state index contributed by atoms with van der Waals surface area (Å²) in [4.78, 5) is 24.4. The SMILES string of the molecule is Cl.NC1CCC(NC(=O)CCC(=O)c2ccc(-c3ccccc3)cc2)CC1. The van der Waals surface area contributed by atoms with E-state index in [-0.39, 0.29) is 49.0 Å². The Hall–Kier alpha value is -2.17. The Kier molecular flexibility index (Phi) is 8.01. The van der Waals surface area contributed by atoms with Crippen molar-refractivity contribution in [1.82, 2.24) is 5.32 Å². The van der Waals surface area contributed by atoms with Gasteiger partial charge in [-0.2, -0.15) is 0 Å². The molecule has 1 aliphatic carbocycles. The summed E-state index contributed by atoms with van der Waals surface area (Å²) in [7, 11) is 0. The molecule has 3 rings (SSSR count). The number of ketones is 1. The molecule has 5 heteroatoms. The second kappa shape index (κ2) is 10.2. The van der Waals surface area contributed by atoms with Crippen LogP contribution in [0.3, 0.4) is 0 Å². The lowest BCUT2D eigenvalue weighted by Crippen LogP contribution is -2.40. The molecule has 1 saturated carbocycles. The number of halogens is 1. The largest absolute Gasteiger partial charge is 0.353 e. The Balaban J connectivity index is 0.00000261. The third kappa shape index (κ3) is 6.19. The van der Waals surface area contributed by atoms with E-state index in [1.54, 1.807) is 0 Å². The fraction of sp³-hybridized carbons (Fsp3) is 0.364. The quantitative estimate of drug-likeness (QED) is 0.733. The van der Waals surface area contributed by atoms with Gasteiger partial charge < -0.3 is 11.1 Å². The van der Waals surface area contributed by atoms with Crippen LogP contribution >= 0.6 is 12.4 Å². The molecule has 4 nitrogen and oxygen atoms in total. The monoisotopic (exact) mass is 386 g/mol. The molecule has 0 radical (unpaired) electrons. The van der Waals surface area contributed by atoms with Gasteiger partial charge in [0.1, 0.15) is 0 Å². The minimum Gasteiger partial charge on any atom is -0.353 e. The Labute approximate surface area is 166 Å². The van der Waals surface area contributed by atoms with E-state index in [1.165, 1.54) is 0 Å². The molecule has 1 fully saturated rings. The number of nitrogens with two attached hydrogens (primary N) is 1. The third-order valence-electron chi connectivity index (χ3n) is 5.03. The van der Waals surface area contributed by atoms with Gasteiger partial charge in [0.2, 0.25) is 5.91 Å². The zero-order valence-electron chi connectivity index (χ0n) is 15.4. The van der Waals surface area contributed by atoms with Crippen molar-refractivity contribution < 1.29 is 9.59 Å². The molecule has 1 amide bonds. The number of carbonyl (C=O) groups is 2. The van der Waals surface area contributed by atoms with Crippen molar-refractivity contribution in [3.8, 4) is 11.1 Å². The first-order chi connectivity index (χ1) is 12.6. The number of Topliss-reactive ketones (excluding diaryl/α,β-unsaturated/α-hetero) is 1. The zero-order valence-corrected chi connectivity index (χ0v) is 16.2. The Morgan fingerprint density at radius 1 is 0.852 bits per heavy atom. The lowest BCUT2D eigenvalue weighted by atomic mass is 9.91. The van der Waals surface area contributed by atoms with Gasteiger partial charge in [-0.3, -0.25) is 9.59 Å². The van der Waals surface area contributed by atoms with Gasteiger partial charge in [0.05, 0.1) is 0 Å². The molecule has 0 saturated heterocycles. The number of hydrogen-bond donors (Lipinski definition) is 2. The maximum atomic E-state index is 12.3. The minimum atomic E-state index is -0.0419. The van der Waals surface area contributed by atoms with Gasteiger partial charge in [0.15, 0.2) is 5.78 Å². The fourth-order valence-electron chi connectivity index (χ4n) is 3.41. The predicted octanol–water partition coefficient (Wildman–Crippen LogP) is 4.12. The van der Waals surface area contributed by atoms with Gasteiger partial charge in [0.25, 0.3) is 0 Å². The average molecular weight is 387 g/mol. The molecular formula is C22H27ClN2O2. The van der Waals surface area contributed by atoms with Gasteiger partial charge in [-0.05, 0) is 36.8 Å². The van der Waals surface area contributed by atoms with Gasteiger partial charge in [0, 0.05) is 30.5 Å². The molecule has 0 aromatic heterocycles. The maximum absolute atomic E-state index is 12.3. The van der Waals surface area contributed by atoms with Gasteiger partial charge >= 0.3 is 0 Å². The Morgan fingerprint density at radius 3 is 2.07 bits per heavy atom. The summed E-state index contributed by atoms with van der Waals surface area (Å²) < 4.78 is 0. The average Bonchev–Trinajstić information content (AvgIpc) is 2.69. The maximum Gasteiger partial charge on any atom is 0.220 e. The van der Waals surface area contributed by atoms with Crippen LogP contribution in [0.5, 0.6) is 0 Å². The zero-order chi connectivity index (χ0) is 18.4. The van der Waals surface area contributed by atoms with Crippen molar-refractivity contribution in [2.75, 3.05) is 0 Å². The van der Waals surface area contributed by atoms with Gasteiger partial charge in [-0.25, -0.2) is 0 Å². The number of carbonyl (C=O) groups excluding carboxylic acids is 2. The summed E-state index contributed by atoms with van der Waals surface area (Å²) in [5.41, 5.74) is 8.74. The van der Waals surface area contributed by atoms with Crippen LogP contribution in [0.25, 0.3) is 11.1 Å². The van der Waals surface area contributed by atoms with Crippen LogP contribution in [0, 0.1) is 0 Å².